The van der Waals surface area contributed by atoms with Crippen LogP contribution < -0.4 is 4.90 Å². The molecule has 0 radical (unpaired) electrons. The van der Waals surface area contributed by atoms with Crippen LogP contribution in [0.25, 0.3) is 10.2 Å². The lowest BCUT2D eigenvalue weighted by atomic mass is 9.95. The third-order valence-corrected chi connectivity index (χ3v) is 7.33. The van der Waals surface area contributed by atoms with Crippen molar-refractivity contribution in [2.24, 2.45) is 0 Å². The van der Waals surface area contributed by atoms with E-state index in [0.29, 0.717) is 18.9 Å². The van der Waals surface area contributed by atoms with Crippen molar-refractivity contribution in [3.05, 3.63) is 23.8 Å². The number of fused-ring (bicyclic) bond motifs is 1. The van der Waals surface area contributed by atoms with Gasteiger partial charge in [-0.1, -0.05) is 17.4 Å². The number of esters is 1. The average Bonchev–Trinajstić information content (AvgIpc) is 3.22. The number of piperidine rings is 1. The van der Waals surface area contributed by atoms with E-state index in [0.717, 1.165) is 53.5 Å². The molecule has 1 aromatic heterocycles. The van der Waals surface area contributed by atoms with Crippen LogP contribution in [-0.2, 0) is 9.53 Å². The molecule has 0 bridgehead atoms. The summed E-state index contributed by atoms with van der Waals surface area (Å²) >= 11 is 1.57. The van der Waals surface area contributed by atoms with E-state index in [-0.39, 0.29) is 6.54 Å². The molecule has 2 aliphatic heterocycles. The number of rotatable bonds is 3. The molecule has 0 saturated carbocycles. The van der Waals surface area contributed by atoms with Crippen LogP contribution >= 0.6 is 11.3 Å². The number of carbonyl (C=O) groups excluding carboxylic acids is 2. The molecule has 4 rings (SSSR count). The Morgan fingerprint density at radius 2 is 1.85 bits per heavy atom. The molecule has 1 aromatic carbocycles. The lowest BCUT2D eigenvalue weighted by molar-refractivity contribution is -0.194. The van der Waals surface area contributed by atoms with Gasteiger partial charge in [0, 0.05) is 38.8 Å². The number of piperazine rings is 1. The number of alkyl halides is 3. The van der Waals surface area contributed by atoms with E-state index in [2.05, 4.69) is 28.4 Å². The van der Waals surface area contributed by atoms with Gasteiger partial charge in [-0.15, -0.1) is 0 Å². The molecule has 1 unspecified atom stereocenters. The Morgan fingerprint density at radius 3 is 2.52 bits per heavy atom. The van der Waals surface area contributed by atoms with E-state index in [1.54, 1.807) is 11.3 Å². The Balaban J connectivity index is 1.51. The topological polar surface area (TPSA) is 66.0 Å². The van der Waals surface area contributed by atoms with Crippen LogP contribution in [0.2, 0.25) is 0 Å². The highest BCUT2D eigenvalue weighted by Gasteiger charge is 2.44. The van der Waals surface area contributed by atoms with Crippen LogP contribution in [0.3, 0.4) is 0 Å². The second kappa shape index (κ2) is 9.46. The number of halogens is 3. The number of amides is 1. The largest absolute Gasteiger partial charge is 0.491 e. The van der Waals surface area contributed by atoms with Gasteiger partial charge in [-0.25, -0.2) is 14.6 Å². The normalized spacial score (nSPS) is 20.5. The molecule has 7 nitrogen and oxygen atoms in total. The molecule has 2 aliphatic rings. The van der Waals surface area contributed by atoms with E-state index in [4.69, 9.17) is 4.98 Å². The number of benzene rings is 1. The number of carbonyl (C=O) groups is 2. The number of ether oxygens (including phenoxy) is 1. The molecule has 2 fully saturated rings. The zero-order valence-corrected chi connectivity index (χ0v) is 19.4. The molecule has 1 atom stereocenters. The third-order valence-electron chi connectivity index (χ3n) is 6.25. The van der Waals surface area contributed by atoms with Gasteiger partial charge in [0.1, 0.15) is 0 Å². The van der Waals surface area contributed by atoms with Gasteiger partial charge in [0.05, 0.1) is 16.3 Å². The number of thiazole rings is 1. The molecule has 0 spiro atoms. The maximum atomic E-state index is 12.5. The molecular weight excluding hydrogens is 457 g/mol. The van der Waals surface area contributed by atoms with Gasteiger partial charge < -0.3 is 14.5 Å². The maximum Gasteiger partial charge on any atom is 0.491 e. The predicted molar refractivity (Wildman–Crippen MR) is 119 cm³/mol. The van der Waals surface area contributed by atoms with Gasteiger partial charge >= 0.3 is 18.2 Å². The molecule has 3 heterocycles. The fourth-order valence-corrected chi connectivity index (χ4v) is 5.46. The van der Waals surface area contributed by atoms with Gasteiger partial charge in [-0.2, -0.15) is 13.2 Å². The van der Waals surface area contributed by atoms with Crippen molar-refractivity contribution >= 4 is 38.7 Å². The number of nitrogens with zero attached hydrogens (tertiary/aromatic N) is 4. The number of likely N-dealkylation sites (tertiary alicyclic amines) is 1. The molecule has 2 saturated heterocycles. The molecule has 0 N–H and O–H groups in total. The second-order valence-electron chi connectivity index (χ2n) is 8.70. The lowest BCUT2D eigenvalue weighted by Gasteiger charge is -2.36. The predicted octanol–water partition coefficient (Wildman–Crippen LogP) is 4.58. The average molecular weight is 485 g/mol. The van der Waals surface area contributed by atoms with Gasteiger partial charge in [0.15, 0.2) is 5.13 Å². The first-order valence-corrected chi connectivity index (χ1v) is 11.9. The molecule has 33 heavy (non-hydrogen) atoms. The summed E-state index contributed by atoms with van der Waals surface area (Å²) in [7, 11) is 0. The summed E-state index contributed by atoms with van der Waals surface area (Å²) in [5.41, 5.74) is 1.65. The molecule has 1 amide bonds. The Hall–Kier alpha value is -2.40. The van der Waals surface area contributed by atoms with Crippen LogP contribution in [0.4, 0.5) is 23.1 Å². The second-order valence-corrected chi connectivity index (χ2v) is 9.71. The monoisotopic (exact) mass is 484 g/mol. The Kier molecular flexibility index (Phi) is 6.81. The SMILES string of the molecule is CC(C)N1CCN(c2nc3ccc(C4CCCCN4C(=O)OC(=O)C(F)(F)F)cc3s2)CC1. The van der Waals surface area contributed by atoms with Crippen LogP contribution in [0.1, 0.15) is 44.7 Å². The maximum absolute atomic E-state index is 12.5. The molecule has 11 heteroatoms. The van der Waals surface area contributed by atoms with Crippen molar-refractivity contribution in [1.29, 1.82) is 0 Å². The highest BCUT2D eigenvalue weighted by Crippen LogP contribution is 2.36. The summed E-state index contributed by atoms with van der Waals surface area (Å²) in [6.45, 7) is 8.39. The number of hydrogen-bond donors (Lipinski definition) is 0. The summed E-state index contributed by atoms with van der Waals surface area (Å²) in [6, 6.07) is 5.75. The van der Waals surface area contributed by atoms with Gasteiger partial charge in [-0.3, -0.25) is 4.90 Å². The minimum absolute atomic E-state index is 0.237. The standard InChI is InChI=1S/C22H27F3N4O3S/c1-14(2)27-9-11-28(12-10-27)20-26-16-7-6-15(13-18(16)33-20)17-5-3-4-8-29(17)21(31)32-19(30)22(23,24)25/h6-7,13-14,17H,3-5,8-12H2,1-2H3. The van der Waals surface area contributed by atoms with Crippen molar-refractivity contribution in [1.82, 2.24) is 14.8 Å². The first kappa shape index (κ1) is 23.7. The fourth-order valence-electron chi connectivity index (χ4n) is 4.39. The van der Waals surface area contributed by atoms with Gasteiger partial charge in [0.2, 0.25) is 0 Å². The van der Waals surface area contributed by atoms with E-state index in [1.165, 1.54) is 4.90 Å². The van der Waals surface area contributed by atoms with Crippen molar-refractivity contribution < 1.29 is 27.5 Å². The lowest BCUT2D eigenvalue weighted by Crippen LogP contribution is -2.48. The zero-order chi connectivity index (χ0) is 23.8. The van der Waals surface area contributed by atoms with Crippen molar-refractivity contribution in [3.8, 4) is 0 Å². The third kappa shape index (κ3) is 5.24. The Morgan fingerprint density at radius 1 is 1.12 bits per heavy atom. The van der Waals surface area contributed by atoms with Crippen LogP contribution in [0, 0.1) is 0 Å². The molecule has 0 aliphatic carbocycles. The summed E-state index contributed by atoms with van der Waals surface area (Å²) < 4.78 is 42.7. The zero-order valence-electron chi connectivity index (χ0n) is 18.6. The molecule has 180 valence electrons. The van der Waals surface area contributed by atoms with E-state index < -0.39 is 24.3 Å². The van der Waals surface area contributed by atoms with Gasteiger partial charge in [0.25, 0.3) is 0 Å². The quantitative estimate of drug-likeness (QED) is 0.470. The fraction of sp³-hybridized carbons (Fsp3) is 0.591. The van der Waals surface area contributed by atoms with Crippen LogP contribution in [0.15, 0.2) is 18.2 Å². The summed E-state index contributed by atoms with van der Waals surface area (Å²) in [6.07, 6.45) is -4.41. The minimum atomic E-state index is -5.21. The molecular formula is C22H27F3N4O3S. The highest BCUT2D eigenvalue weighted by molar-refractivity contribution is 7.22. The van der Waals surface area contributed by atoms with E-state index >= 15 is 0 Å². The van der Waals surface area contributed by atoms with E-state index in [1.807, 2.05) is 18.2 Å². The number of hydrogen-bond acceptors (Lipinski definition) is 7. The van der Waals surface area contributed by atoms with Gasteiger partial charge in [-0.05, 0) is 50.8 Å². The summed E-state index contributed by atoms with van der Waals surface area (Å²) in [4.78, 5) is 34.2. The number of aromatic nitrogens is 1. The highest BCUT2D eigenvalue weighted by atomic mass is 32.1. The van der Waals surface area contributed by atoms with Crippen molar-refractivity contribution in [3.63, 3.8) is 0 Å². The number of anilines is 1. The summed E-state index contributed by atoms with van der Waals surface area (Å²) in [5.74, 6) is -2.49. The Bertz CT molecular complexity index is 1020. The van der Waals surface area contributed by atoms with Crippen LogP contribution in [0.5, 0.6) is 0 Å². The molecule has 2 aromatic rings. The first-order valence-electron chi connectivity index (χ1n) is 11.1. The Labute approximate surface area is 194 Å². The summed E-state index contributed by atoms with van der Waals surface area (Å²) in [5, 5.41) is 0.946. The van der Waals surface area contributed by atoms with E-state index in [9.17, 15) is 22.8 Å². The van der Waals surface area contributed by atoms with Crippen LogP contribution in [-0.4, -0.2) is 71.8 Å². The van der Waals surface area contributed by atoms with Crippen molar-refractivity contribution in [2.45, 2.75) is 51.4 Å². The van der Waals surface area contributed by atoms with Crippen molar-refractivity contribution in [2.75, 3.05) is 37.6 Å². The minimum Gasteiger partial charge on any atom is -0.369 e. The first-order chi connectivity index (χ1) is 15.6. The smallest absolute Gasteiger partial charge is 0.369 e.